The molecule has 1 aliphatic rings. The van der Waals surface area contributed by atoms with E-state index in [1.807, 2.05) is 36.0 Å². The van der Waals surface area contributed by atoms with Crippen molar-refractivity contribution in [2.45, 2.75) is 20.3 Å². The second kappa shape index (κ2) is 5.59. The third-order valence-corrected chi connectivity index (χ3v) is 3.61. The van der Waals surface area contributed by atoms with Crippen LogP contribution in [0.4, 0.5) is 5.82 Å². The highest BCUT2D eigenvalue weighted by molar-refractivity contribution is 5.94. The highest BCUT2D eigenvalue weighted by Crippen LogP contribution is 2.22. The summed E-state index contributed by atoms with van der Waals surface area (Å²) < 4.78 is 0. The molecule has 1 aliphatic heterocycles. The van der Waals surface area contributed by atoms with Gasteiger partial charge in [0.2, 0.25) is 0 Å². The second-order valence-corrected chi connectivity index (χ2v) is 5.96. The standard InChI is InChI=1S/C15H23N3O/c1-11-7-12(2)10-18(9-11)15(19)13-5-6-14(16-8-13)17(3)4/h5-6,8,11-12H,7,9-10H2,1-4H3. The van der Waals surface area contributed by atoms with Crippen molar-refractivity contribution in [2.24, 2.45) is 11.8 Å². The van der Waals surface area contributed by atoms with Crippen molar-refractivity contribution in [3.8, 4) is 0 Å². The Bertz CT molecular complexity index is 431. The minimum atomic E-state index is 0.108. The van der Waals surface area contributed by atoms with Gasteiger partial charge in [-0.25, -0.2) is 4.98 Å². The Kier molecular flexibility index (Phi) is 4.08. The molecule has 1 aromatic rings. The van der Waals surface area contributed by atoms with Crippen LogP contribution in [0.5, 0.6) is 0 Å². The predicted molar refractivity (Wildman–Crippen MR) is 77.4 cm³/mol. The number of hydrogen-bond acceptors (Lipinski definition) is 3. The van der Waals surface area contributed by atoms with Crippen LogP contribution in [0.25, 0.3) is 0 Å². The molecule has 0 saturated carbocycles. The van der Waals surface area contributed by atoms with Crippen molar-refractivity contribution in [2.75, 3.05) is 32.1 Å². The van der Waals surface area contributed by atoms with E-state index < -0.39 is 0 Å². The summed E-state index contributed by atoms with van der Waals surface area (Å²) in [6.07, 6.45) is 2.89. The maximum Gasteiger partial charge on any atom is 0.255 e. The summed E-state index contributed by atoms with van der Waals surface area (Å²) in [6.45, 7) is 6.14. The van der Waals surface area contributed by atoms with Gasteiger partial charge in [0.15, 0.2) is 0 Å². The highest BCUT2D eigenvalue weighted by Gasteiger charge is 2.26. The minimum absolute atomic E-state index is 0.108. The number of carbonyl (C=O) groups is 1. The lowest BCUT2D eigenvalue weighted by molar-refractivity contribution is 0.0622. The van der Waals surface area contributed by atoms with Crippen molar-refractivity contribution in [1.82, 2.24) is 9.88 Å². The molecular weight excluding hydrogens is 238 g/mol. The van der Waals surface area contributed by atoms with Crippen molar-refractivity contribution < 1.29 is 4.79 Å². The molecule has 1 aromatic heterocycles. The van der Waals surface area contributed by atoms with Gasteiger partial charge in [-0.15, -0.1) is 0 Å². The molecule has 2 atom stereocenters. The van der Waals surface area contributed by atoms with E-state index in [1.165, 1.54) is 6.42 Å². The van der Waals surface area contributed by atoms with E-state index in [4.69, 9.17) is 0 Å². The van der Waals surface area contributed by atoms with Crippen LogP contribution in [0.15, 0.2) is 18.3 Å². The fourth-order valence-corrected chi connectivity index (χ4v) is 2.79. The Hall–Kier alpha value is -1.58. The third kappa shape index (κ3) is 3.25. The summed E-state index contributed by atoms with van der Waals surface area (Å²) >= 11 is 0. The fourth-order valence-electron chi connectivity index (χ4n) is 2.79. The quantitative estimate of drug-likeness (QED) is 0.819. The van der Waals surface area contributed by atoms with Gasteiger partial charge in [0, 0.05) is 33.4 Å². The van der Waals surface area contributed by atoms with Gasteiger partial charge in [-0.05, 0) is 30.4 Å². The summed E-state index contributed by atoms with van der Waals surface area (Å²) in [6, 6.07) is 3.76. The maximum absolute atomic E-state index is 12.4. The molecular formula is C15H23N3O. The van der Waals surface area contributed by atoms with Crippen LogP contribution >= 0.6 is 0 Å². The zero-order valence-corrected chi connectivity index (χ0v) is 12.3. The molecule has 0 bridgehead atoms. The first-order chi connectivity index (χ1) is 8.97. The van der Waals surface area contributed by atoms with Crippen LogP contribution in [0, 0.1) is 11.8 Å². The SMILES string of the molecule is CC1CC(C)CN(C(=O)c2ccc(N(C)C)nc2)C1. The topological polar surface area (TPSA) is 36.4 Å². The number of carbonyl (C=O) groups excluding carboxylic acids is 1. The first-order valence-electron chi connectivity index (χ1n) is 6.90. The molecule has 0 aliphatic carbocycles. The molecule has 2 heterocycles. The smallest absolute Gasteiger partial charge is 0.255 e. The number of aromatic nitrogens is 1. The maximum atomic E-state index is 12.4. The van der Waals surface area contributed by atoms with Crippen molar-refractivity contribution >= 4 is 11.7 Å². The summed E-state index contributed by atoms with van der Waals surface area (Å²) in [5.41, 5.74) is 0.687. The number of pyridine rings is 1. The lowest BCUT2D eigenvalue weighted by atomic mass is 9.91. The Morgan fingerprint density at radius 3 is 2.37 bits per heavy atom. The first kappa shape index (κ1) is 13.8. The average molecular weight is 261 g/mol. The first-order valence-corrected chi connectivity index (χ1v) is 6.90. The zero-order valence-electron chi connectivity index (χ0n) is 12.3. The monoisotopic (exact) mass is 261 g/mol. The van der Waals surface area contributed by atoms with Gasteiger partial charge in [-0.2, -0.15) is 0 Å². The van der Waals surface area contributed by atoms with Gasteiger partial charge in [-0.1, -0.05) is 13.8 Å². The largest absolute Gasteiger partial charge is 0.363 e. The molecule has 0 aromatic carbocycles. The number of amides is 1. The van der Waals surface area contributed by atoms with Gasteiger partial charge < -0.3 is 9.80 Å². The predicted octanol–water partition coefficient (Wildman–Crippen LogP) is 2.27. The van der Waals surface area contributed by atoms with Gasteiger partial charge in [0.05, 0.1) is 5.56 Å². The van der Waals surface area contributed by atoms with Gasteiger partial charge >= 0.3 is 0 Å². The number of hydrogen-bond donors (Lipinski definition) is 0. The normalized spacial score (nSPS) is 23.3. The minimum Gasteiger partial charge on any atom is -0.363 e. The number of rotatable bonds is 2. The Balaban J connectivity index is 2.10. The summed E-state index contributed by atoms with van der Waals surface area (Å²) in [5, 5.41) is 0. The van der Waals surface area contributed by atoms with Crippen molar-refractivity contribution in [3.63, 3.8) is 0 Å². The van der Waals surface area contributed by atoms with E-state index in [2.05, 4.69) is 18.8 Å². The second-order valence-electron chi connectivity index (χ2n) is 5.96. The van der Waals surface area contributed by atoms with E-state index >= 15 is 0 Å². The van der Waals surface area contributed by atoms with Crippen molar-refractivity contribution in [3.05, 3.63) is 23.9 Å². The molecule has 2 unspecified atom stereocenters. The summed E-state index contributed by atoms with van der Waals surface area (Å²) in [5.74, 6) is 2.15. The van der Waals surface area contributed by atoms with Crippen LogP contribution in [0.2, 0.25) is 0 Å². The lowest BCUT2D eigenvalue weighted by Gasteiger charge is -2.35. The molecule has 0 N–H and O–H groups in total. The van der Waals surface area contributed by atoms with E-state index in [0.29, 0.717) is 17.4 Å². The van der Waals surface area contributed by atoms with Crippen LogP contribution in [0.1, 0.15) is 30.6 Å². The molecule has 4 nitrogen and oxygen atoms in total. The van der Waals surface area contributed by atoms with Crippen LogP contribution in [-0.4, -0.2) is 43.0 Å². The third-order valence-electron chi connectivity index (χ3n) is 3.61. The molecule has 0 spiro atoms. The zero-order chi connectivity index (χ0) is 14.0. The highest BCUT2D eigenvalue weighted by atomic mass is 16.2. The van der Waals surface area contributed by atoms with Crippen molar-refractivity contribution in [1.29, 1.82) is 0 Å². The Labute approximate surface area is 115 Å². The van der Waals surface area contributed by atoms with E-state index in [0.717, 1.165) is 18.9 Å². The van der Waals surface area contributed by atoms with Crippen LogP contribution < -0.4 is 4.90 Å². The van der Waals surface area contributed by atoms with E-state index in [9.17, 15) is 4.79 Å². The van der Waals surface area contributed by atoms with Gasteiger partial charge in [0.1, 0.15) is 5.82 Å². The lowest BCUT2D eigenvalue weighted by Crippen LogP contribution is -2.42. The Morgan fingerprint density at radius 1 is 1.26 bits per heavy atom. The van der Waals surface area contributed by atoms with Crippen LogP contribution in [-0.2, 0) is 0 Å². The molecule has 1 amide bonds. The van der Waals surface area contributed by atoms with Gasteiger partial charge in [-0.3, -0.25) is 4.79 Å². The average Bonchev–Trinajstić information content (AvgIpc) is 2.37. The summed E-state index contributed by atoms with van der Waals surface area (Å²) in [7, 11) is 3.88. The van der Waals surface area contributed by atoms with E-state index in [1.54, 1.807) is 6.20 Å². The number of likely N-dealkylation sites (tertiary alicyclic amines) is 1. The van der Waals surface area contributed by atoms with E-state index in [-0.39, 0.29) is 5.91 Å². The number of nitrogens with zero attached hydrogens (tertiary/aromatic N) is 3. The van der Waals surface area contributed by atoms with Crippen LogP contribution in [0.3, 0.4) is 0 Å². The molecule has 2 rings (SSSR count). The van der Waals surface area contributed by atoms with Gasteiger partial charge in [0.25, 0.3) is 5.91 Å². The molecule has 0 radical (unpaired) electrons. The molecule has 4 heteroatoms. The fraction of sp³-hybridized carbons (Fsp3) is 0.600. The molecule has 1 saturated heterocycles. The molecule has 1 fully saturated rings. The molecule has 104 valence electrons. The number of piperidine rings is 1. The Morgan fingerprint density at radius 2 is 1.89 bits per heavy atom. The molecule has 19 heavy (non-hydrogen) atoms. The number of anilines is 1. The summed E-state index contributed by atoms with van der Waals surface area (Å²) in [4.78, 5) is 20.6.